The molecule has 0 radical (unpaired) electrons. The van der Waals surface area contributed by atoms with Gasteiger partial charge in [0.25, 0.3) is 0 Å². The van der Waals surface area contributed by atoms with Crippen LogP contribution in [0.25, 0.3) is 10.8 Å². The summed E-state index contributed by atoms with van der Waals surface area (Å²) in [6, 6.07) is 11.1. The normalized spacial score (nSPS) is 31.3. The average Bonchev–Trinajstić information content (AvgIpc) is 2.55. The summed E-state index contributed by atoms with van der Waals surface area (Å²) in [5, 5.41) is 40.6. The van der Waals surface area contributed by atoms with E-state index < -0.39 is 37.3 Å². The zero-order valence-corrected chi connectivity index (χ0v) is 13.6. The van der Waals surface area contributed by atoms with E-state index in [2.05, 4.69) is 15.9 Å². The van der Waals surface area contributed by atoms with E-state index in [4.69, 9.17) is 9.47 Å². The van der Waals surface area contributed by atoms with Crippen molar-refractivity contribution in [1.82, 2.24) is 0 Å². The first-order valence-electron chi connectivity index (χ1n) is 7.16. The molecule has 23 heavy (non-hydrogen) atoms. The first-order chi connectivity index (χ1) is 11.0. The maximum absolute atomic E-state index is 9.98. The molecular formula is C16H17BrO6. The van der Waals surface area contributed by atoms with Gasteiger partial charge in [0, 0.05) is 4.47 Å². The summed E-state index contributed by atoms with van der Waals surface area (Å²) >= 11 is 3.41. The number of hydrogen-bond acceptors (Lipinski definition) is 6. The number of aliphatic hydroxyl groups excluding tert-OH is 4. The monoisotopic (exact) mass is 384 g/mol. The predicted octanol–water partition coefficient (Wildman–Crippen LogP) is 0.781. The Kier molecular flexibility index (Phi) is 4.86. The molecule has 0 amide bonds. The molecule has 0 bridgehead atoms. The summed E-state index contributed by atoms with van der Waals surface area (Å²) in [5.74, 6) is 0.448. The molecule has 0 saturated carbocycles. The second-order valence-corrected chi connectivity index (χ2v) is 6.38. The molecule has 1 fully saturated rings. The Labute approximate surface area is 141 Å². The molecule has 4 N–H and O–H groups in total. The number of benzene rings is 2. The lowest BCUT2D eigenvalue weighted by atomic mass is 9.99. The Morgan fingerprint density at radius 3 is 2.39 bits per heavy atom. The van der Waals surface area contributed by atoms with Crippen molar-refractivity contribution in [3.8, 4) is 5.75 Å². The Balaban J connectivity index is 1.81. The molecule has 0 aromatic heterocycles. The van der Waals surface area contributed by atoms with Gasteiger partial charge in [-0.25, -0.2) is 0 Å². The quantitative estimate of drug-likeness (QED) is 0.624. The Hall–Kier alpha value is -1.22. The third-order valence-corrected chi connectivity index (χ3v) is 4.37. The highest BCUT2D eigenvalue weighted by Gasteiger charge is 2.44. The van der Waals surface area contributed by atoms with E-state index in [1.807, 2.05) is 24.3 Å². The van der Waals surface area contributed by atoms with Crippen molar-refractivity contribution in [2.75, 3.05) is 6.61 Å². The fourth-order valence-corrected chi connectivity index (χ4v) is 2.95. The van der Waals surface area contributed by atoms with Gasteiger partial charge >= 0.3 is 0 Å². The third-order valence-electron chi connectivity index (χ3n) is 3.87. The van der Waals surface area contributed by atoms with Crippen LogP contribution in [-0.4, -0.2) is 57.7 Å². The van der Waals surface area contributed by atoms with Gasteiger partial charge in [-0.05, 0) is 35.0 Å². The maximum atomic E-state index is 9.98. The number of aliphatic hydroxyl groups is 4. The van der Waals surface area contributed by atoms with Crippen molar-refractivity contribution in [2.45, 2.75) is 30.7 Å². The van der Waals surface area contributed by atoms with Crippen LogP contribution in [0.3, 0.4) is 0 Å². The van der Waals surface area contributed by atoms with Gasteiger partial charge in [0.15, 0.2) is 0 Å². The van der Waals surface area contributed by atoms with Crippen LogP contribution in [0.4, 0.5) is 0 Å². The van der Waals surface area contributed by atoms with Crippen molar-refractivity contribution in [3.05, 3.63) is 40.9 Å². The minimum atomic E-state index is -1.46. The van der Waals surface area contributed by atoms with Crippen LogP contribution in [0.1, 0.15) is 0 Å². The van der Waals surface area contributed by atoms with Crippen LogP contribution in [0, 0.1) is 0 Å². The molecule has 1 aliphatic rings. The van der Waals surface area contributed by atoms with Gasteiger partial charge in [-0.2, -0.15) is 0 Å². The van der Waals surface area contributed by atoms with E-state index in [-0.39, 0.29) is 0 Å². The highest BCUT2D eigenvalue weighted by molar-refractivity contribution is 9.10. The lowest BCUT2D eigenvalue weighted by Crippen LogP contribution is -2.60. The van der Waals surface area contributed by atoms with Gasteiger partial charge in [-0.15, -0.1) is 0 Å². The minimum absolute atomic E-state index is 0.448. The van der Waals surface area contributed by atoms with Gasteiger partial charge in [-0.3, -0.25) is 0 Å². The molecule has 1 aliphatic heterocycles. The molecule has 1 saturated heterocycles. The highest BCUT2D eigenvalue weighted by Crippen LogP contribution is 2.28. The molecule has 6 nitrogen and oxygen atoms in total. The average molecular weight is 385 g/mol. The van der Waals surface area contributed by atoms with Crippen LogP contribution < -0.4 is 4.74 Å². The molecule has 0 aliphatic carbocycles. The highest BCUT2D eigenvalue weighted by atomic mass is 79.9. The number of rotatable bonds is 3. The van der Waals surface area contributed by atoms with Crippen LogP contribution in [0.15, 0.2) is 40.9 Å². The zero-order chi connectivity index (χ0) is 16.6. The van der Waals surface area contributed by atoms with Crippen LogP contribution >= 0.6 is 15.9 Å². The predicted molar refractivity (Wildman–Crippen MR) is 86.0 cm³/mol. The Morgan fingerprint density at radius 1 is 0.957 bits per heavy atom. The molecule has 3 rings (SSSR count). The van der Waals surface area contributed by atoms with E-state index >= 15 is 0 Å². The zero-order valence-electron chi connectivity index (χ0n) is 12.0. The fraction of sp³-hybridized carbons (Fsp3) is 0.375. The number of fused-ring (bicyclic) bond motifs is 1. The summed E-state index contributed by atoms with van der Waals surface area (Å²) in [4.78, 5) is 0. The van der Waals surface area contributed by atoms with Crippen molar-refractivity contribution in [2.24, 2.45) is 0 Å². The molecule has 1 heterocycles. The van der Waals surface area contributed by atoms with Crippen LogP contribution in [-0.2, 0) is 4.74 Å². The summed E-state index contributed by atoms with van der Waals surface area (Å²) in [7, 11) is 0. The molecule has 5 atom stereocenters. The van der Waals surface area contributed by atoms with E-state index in [1.54, 1.807) is 12.1 Å². The lowest BCUT2D eigenvalue weighted by molar-refractivity contribution is -0.277. The summed E-state index contributed by atoms with van der Waals surface area (Å²) in [6.07, 6.45) is -6.45. The van der Waals surface area contributed by atoms with Gasteiger partial charge in [0.05, 0.1) is 6.61 Å². The van der Waals surface area contributed by atoms with Crippen molar-refractivity contribution < 1.29 is 29.9 Å². The molecule has 124 valence electrons. The number of ether oxygens (including phenoxy) is 2. The molecule has 7 heteroatoms. The second kappa shape index (κ2) is 6.72. The maximum Gasteiger partial charge on any atom is 0.229 e. The first kappa shape index (κ1) is 16.6. The molecule has 2 aromatic carbocycles. The summed E-state index contributed by atoms with van der Waals surface area (Å²) in [6.45, 7) is -0.490. The van der Waals surface area contributed by atoms with E-state index in [9.17, 15) is 20.4 Å². The van der Waals surface area contributed by atoms with Crippen molar-refractivity contribution >= 4 is 26.7 Å². The molecule has 0 spiro atoms. The Bertz CT molecular complexity index is 691. The molecular weight excluding hydrogens is 368 g/mol. The largest absolute Gasteiger partial charge is 0.462 e. The van der Waals surface area contributed by atoms with Crippen molar-refractivity contribution in [1.29, 1.82) is 0 Å². The SMILES string of the molecule is OCC1O[C@@H](Oc2ccc3cc(Br)ccc3c2)C(O)[C@H](O)[C@@H]1O. The summed E-state index contributed by atoms with van der Waals surface area (Å²) in [5.41, 5.74) is 0. The van der Waals surface area contributed by atoms with E-state index in [0.717, 1.165) is 15.2 Å². The van der Waals surface area contributed by atoms with E-state index in [1.165, 1.54) is 0 Å². The smallest absolute Gasteiger partial charge is 0.229 e. The number of halogens is 1. The molecule has 2 aromatic rings. The van der Waals surface area contributed by atoms with Gasteiger partial charge in [0.2, 0.25) is 6.29 Å². The second-order valence-electron chi connectivity index (χ2n) is 5.47. The van der Waals surface area contributed by atoms with Gasteiger partial charge in [-0.1, -0.05) is 28.1 Å². The minimum Gasteiger partial charge on any atom is -0.462 e. The van der Waals surface area contributed by atoms with Crippen LogP contribution in [0.2, 0.25) is 0 Å². The standard InChI is InChI=1S/C16H17BrO6/c17-10-3-1-9-6-11(4-2-8(9)5-10)22-16-15(21)14(20)13(19)12(7-18)23-16/h1-6,12-16,18-21H,7H2/t12?,13-,14-,15?,16-/m1/s1. The van der Waals surface area contributed by atoms with Crippen LogP contribution in [0.5, 0.6) is 5.75 Å². The van der Waals surface area contributed by atoms with Gasteiger partial charge < -0.3 is 29.9 Å². The van der Waals surface area contributed by atoms with Crippen molar-refractivity contribution in [3.63, 3.8) is 0 Å². The first-order valence-corrected chi connectivity index (χ1v) is 7.95. The fourth-order valence-electron chi connectivity index (χ4n) is 2.57. The molecule has 2 unspecified atom stereocenters. The Morgan fingerprint density at radius 2 is 1.65 bits per heavy atom. The third kappa shape index (κ3) is 3.35. The summed E-state index contributed by atoms with van der Waals surface area (Å²) < 4.78 is 11.9. The van der Waals surface area contributed by atoms with E-state index in [0.29, 0.717) is 5.75 Å². The van der Waals surface area contributed by atoms with Gasteiger partial charge in [0.1, 0.15) is 30.2 Å². The lowest BCUT2D eigenvalue weighted by Gasteiger charge is -2.39. The topological polar surface area (TPSA) is 99.4 Å². The number of hydrogen-bond donors (Lipinski definition) is 4.